The van der Waals surface area contributed by atoms with Crippen molar-refractivity contribution in [3.05, 3.63) is 70.6 Å². The summed E-state index contributed by atoms with van der Waals surface area (Å²) in [4.78, 5) is 24.4. The number of nitrogens with zero attached hydrogens (tertiary/aromatic N) is 1. The molecule has 0 saturated carbocycles. The summed E-state index contributed by atoms with van der Waals surface area (Å²) in [6.45, 7) is 0.0431. The fraction of sp³-hybridized carbons (Fsp3) is 0.150. The zero-order valence-corrected chi connectivity index (χ0v) is 15.9. The number of benzene rings is 2. The lowest BCUT2D eigenvalue weighted by atomic mass is 10.2. The molecule has 1 amide bonds. The van der Waals surface area contributed by atoms with Crippen LogP contribution in [0.1, 0.15) is 11.1 Å². The van der Waals surface area contributed by atoms with E-state index < -0.39 is 18.4 Å². The molecule has 0 spiro atoms. The fourth-order valence-corrected chi connectivity index (χ4v) is 3.76. The maximum Gasteiger partial charge on any atom is 0.266 e. The van der Waals surface area contributed by atoms with E-state index in [4.69, 9.17) is 17.0 Å². The Hall–Kier alpha value is -2.64. The molecule has 0 N–H and O–H groups in total. The zero-order chi connectivity index (χ0) is 19.2. The molecule has 0 bridgehead atoms. The second kappa shape index (κ2) is 8.83. The van der Waals surface area contributed by atoms with Crippen LogP contribution in [0.4, 0.5) is 0 Å². The van der Waals surface area contributed by atoms with E-state index in [2.05, 4.69) is 12.1 Å². The molecule has 3 rings (SSSR count). The van der Waals surface area contributed by atoms with Gasteiger partial charge >= 0.3 is 0 Å². The quantitative estimate of drug-likeness (QED) is 0.526. The first-order chi connectivity index (χ1) is 13.0. The Morgan fingerprint density at radius 3 is 2.52 bits per heavy atom. The summed E-state index contributed by atoms with van der Waals surface area (Å²) in [6, 6.07) is 17.4. The van der Waals surface area contributed by atoms with Crippen molar-refractivity contribution in [2.75, 3.05) is 13.2 Å². The van der Waals surface area contributed by atoms with Crippen LogP contribution in [0.3, 0.4) is 0 Å². The third-order valence-electron chi connectivity index (χ3n) is 3.84. The van der Waals surface area contributed by atoms with Gasteiger partial charge in [-0.2, -0.15) is 0 Å². The highest BCUT2D eigenvalue weighted by Gasteiger charge is 2.31. The molecule has 0 atom stereocenters. The van der Waals surface area contributed by atoms with Gasteiger partial charge in [0.05, 0.1) is 24.0 Å². The number of carboxylic acid groups (broad SMARTS) is 1. The van der Waals surface area contributed by atoms with Crippen molar-refractivity contribution >= 4 is 46.3 Å². The summed E-state index contributed by atoms with van der Waals surface area (Å²) in [5.74, 6) is -1.02. The standard InChI is InChI=1S/C20H17NO4S2/c22-18(23)13-21-19(24)17(27-20(21)26)12-15-6-8-16(9-7-15)25-11-10-14-4-2-1-3-5-14/h1-9,12H,10-11,13H2,(H,22,23)/p-1/b17-12+. The highest BCUT2D eigenvalue weighted by molar-refractivity contribution is 8.26. The van der Waals surface area contributed by atoms with Gasteiger partial charge in [-0.15, -0.1) is 0 Å². The molecule has 1 aliphatic heterocycles. The number of rotatable bonds is 7. The number of carbonyl (C=O) groups is 2. The maximum atomic E-state index is 12.2. The normalized spacial score (nSPS) is 15.4. The highest BCUT2D eigenvalue weighted by Crippen LogP contribution is 2.32. The van der Waals surface area contributed by atoms with E-state index in [0.29, 0.717) is 11.5 Å². The Balaban J connectivity index is 1.59. The Morgan fingerprint density at radius 1 is 1.15 bits per heavy atom. The van der Waals surface area contributed by atoms with Crippen molar-refractivity contribution in [2.24, 2.45) is 0 Å². The van der Waals surface area contributed by atoms with E-state index in [1.807, 2.05) is 42.5 Å². The van der Waals surface area contributed by atoms with Crippen LogP contribution in [0.5, 0.6) is 5.75 Å². The molecule has 1 saturated heterocycles. The first-order valence-electron chi connectivity index (χ1n) is 8.25. The van der Waals surface area contributed by atoms with Gasteiger partial charge in [0.15, 0.2) is 0 Å². The molecule has 1 aliphatic rings. The number of aliphatic carboxylic acids is 1. The summed E-state index contributed by atoms with van der Waals surface area (Å²) in [5, 5.41) is 10.7. The lowest BCUT2D eigenvalue weighted by molar-refractivity contribution is -0.305. The molecule has 2 aromatic carbocycles. The van der Waals surface area contributed by atoms with Crippen molar-refractivity contribution in [3.63, 3.8) is 0 Å². The first kappa shape index (κ1) is 19.1. The van der Waals surface area contributed by atoms with Gasteiger partial charge in [-0.3, -0.25) is 9.69 Å². The average Bonchev–Trinajstić information content (AvgIpc) is 2.91. The van der Waals surface area contributed by atoms with Crippen molar-refractivity contribution in [1.82, 2.24) is 4.90 Å². The van der Waals surface area contributed by atoms with Gasteiger partial charge in [0.25, 0.3) is 5.91 Å². The summed E-state index contributed by atoms with van der Waals surface area (Å²) >= 11 is 6.14. The molecule has 0 unspecified atom stereocenters. The third-order valence-corrected chi connectivity index (χ3v) is 5.22. The van der Waals surface area contributed by atoms with Crippen molar-refractivity contribution in [1.29, 1.82) is 0 Å². The van der Waals surface area contributed by atoms with Gasteiger partial charge in [0, 0.05) is 6.42 Å². The van der Waals surface area contributed by atoms with Crippen LogP contribution in [-0.2, 0) is 16.0 Å². The van der Waals surface area contributed by atoms with Crippen molar-refractivity contribution < 1.29 is 19.4 Å². The third kappa shape index (κ3) is 5.18. The van der Waals surface area contributed by atoms with Crippen LogP contribution >= 0.6 is 24.0 Å². The van der Waals surface area contributed by atoms with Gasteiger partial charge in [0.1, 0.15) is 10.1 Å². The minimum Gasteiger partial charge on any atom is -0.548 e. The lowest BCUT2D eigenvalue weighted by Gasteiger charge is -2.14. The smallest absolute Gasteiger partial charge is 0.266 e. The minimum absolute atomic E-state index is 0.219. The first-order valence-corrected chi connectivity index (χ1v) is 9.47. The van der Waals surface area contributed by atoms with E-state index in [1.54, 1.807) is 6.08 Å². The number of hydrogen-bond acceptors (Lipinski definition) is 6. The number of amides is 1. The molecule has 138 valence electrons. The second-order valence-corrected chi connectivity index (χ2v) is 7.47. The molecular formula is C20H16NO4S2-. The summed E-state index contributed by atoms with van der Waals surface area (Å²) in [5.41, 5.74) is 2.02. The molecule has 7 heteroatoms. The molecule has 1 fully saturated rings. The number of carbonyl (C=O) groups excluding carboxylic acids is 2. The van der Waals surface area contributed by atoms with E-state index in [1.165, 1.54) is 5.56 Å². The van der Waals surface area contributed by atoms with Crippen LogP contribution in [0.2, 0.25) is 0 Å². The Bertz CT molecular complexity index is 879. The lowest BCUT2D eigenvalue weighted by Crippen LogP contribution is -2.40. The minimum atomic E-state index is -1.34. The van der Waals surface area contributed by atoms with Gasteiger partial charge in [-0.25, -0.2) is 0 Å². The summed E-state index contributed by atoms with van der Waals surface area (Å²) < 4.78 is 5.96. The maximum absolute atomic E-state index is 12.2. The van der Waals surface area contributed by atoms with Gasteiger partial charge in [-0.05, 0) is 29.3 Å². The number of thioether (sulfide) groups is 1. The van der Waals surface area contributed by atoms with Gasteiger partial charge < -0.3 is 14.6 Å². The Kier molecular flexibility index (Phi) is 6.26. The van der Waals surface area contributed by atoms with Crippen LogP contribution in [0.25, 0.3) is 6.08 Å². The van der Waals surface area contributed by atoms with Crippen LogP contribution in [-0.4, -0.2) is 34.2 Å². The number of hydrogen-bond donors (Lipinski definition) is 0. The zero-order valence-electron chi connectivity index (χ0n) is 14.3. The average molecular weight is 398 g/mol. The fourth-order valence-electron chi connectivity index (χ4n) is 2.51. The molecule has 27 heavy (non-hydrogen) atoms. The highest BCUT2D eigenvalue weighted by atomic mass is 32.2. The van der Waals surface area contributed by atoms with Crippen molar-refractivity contribution in [2.45, 2.75) is 6.42 Å². The topological polar surface area (TPSA) is 69.7 Å². The molecule has 1 heterocycles. The van der Waals surface area contributed by atoms with E-state index >= 15 is 0 Å². The Morgan fingerprint density at radius 2 is 1.85 bits per heavy atom. The van der Waals surface area contributed by atoms with Gasteiger partial charge in [-0.1, -0.05) is 66.4 Å². The molecule has 0 aliphatic carbocycles. The monoisotopic (exact) mass is 398 g/mol. The van der Waals surface area contributed by atoms with Crippen LogP contribution in [0, 0.1) is 0 Å². The van der Waals surface area contributed by atoms with Crippen LogP contribution in [0.15, 0.2) is 59.5 Å². The predicted octanol–water partition coefficient (Wildman–Crippen LogP) is 2.26. The van der Waals surface area contributed by atoms with Crippen LogP contribution < -0.4 is 9.84 Å². The van der Waals surface area contributed by atoms with E-state index in [9.17, 15) is 14.7 Å². The predicted molar refractivity (Wildman–Crippen MR) is 107 cm³/mol. The summed E-state index contributed by atoms with van der Waals surface area (Å²) in [7, 11) is 0. The van der Waals surface area contributed by atoms with E-state index in [-0.39, 0.29) is 4.32 Å². The molecule has 5 nitrogen and oxygen atoms in total. The Labute approximate surface area is 166 Å². The summed E-state index contributed by atoms with van der Waals surface area (Å²) in [6.07, 6.45) is 2.51. The second-order valence-electron chi connectivity index (χ2n) is 5.79. The number of ether oxygens (including phenoxy) is 1. The number of thiocarbonyl (C=S) groups is 1. The molecular weight excluding hydrogens is 382 g/mol. The van der Waals surface area contributed by atoms with E-state index in [0.717, 1.165) is 34.4 Å². The SMILES string of the molecule is O=C([O-])CN1C(=O)/C(=C\c2ccc(OCCc3ccccc3)cc2)SC1=S. The molecule has 0 radical (unpaired) electrons. The molecule has 0 aromatic heterocycles. The number of carboxylic acids is 1. The van der Waals surface area contributed by atoms with Crippen molar-refractivity contribution in [3.8, 4) is 5.75 Å². The van der Waals surface area contributed by atoms with Gasteiger partial charge in [0.2, 0.25) is 0 Å². The largest absolute Gasteiger partial charge is 0.548 e. The molecule has 2 aromatic rings.